The number of rotatable bonds is 4. The van der Waals surface area contributed by atoms with E-state index in [4.69, 9.17) is 0 Å². The van der Waals surface area contributed by atoms with Gasteiger partial charge in [-0.15, -0.1) is 0 Å². The third kappa shape index (κ3) is 2.72. The molecule has 2 bridgehead atoms. The Morgan fingerprint density at radius 3 is 2.47 bits per heavy atom. The van der Waals surface area contributed by atoms with Crippen molar-refractivity contribution in [2.45, 2.75) is 58.5 Å². The van der Waals surface area contributed by atoms with Crippen LogP contribution in [0.3, 0.4) is 0 Å². The van der Waals surface area contributed by atoms with E-state index < -0.39 is 0 Å². The van der Waals surface area contributed by atoms with Crippen molar-refractivity contribution in [1.29, 1.82) is 0 Å². The molecule has 0 radical (unpaired) electrons. The summed E-state index contributed by atoms with van der Waals surface area (Å²) in [6.07, 6.45) is 7.42. The van der Waals surface area contributed by atoms with Crippen LogP contribution >= 0.6 is 0 Å². The summed E-state index contributed by atoms with van der Waals surface area (Å²) in [5.74, 6) is 2.72. The summed E-state index contributed by atoms with van der Waals surface area (Å²) in [7, 11) is 0. The topological polar surface area (TPSA) is 20.2 Å². The molecule has 3 rings (SSSR count). The molecule has 1 N–H and O–H groups in total. The van der Waals surface area contributed by atoms with Gasteiger partial charge in [-0.2, -0.15) is 0 Å². The highest BCUT2D eigenvalue weighted by molar-refractivity contribution is 5.33. The lowest BCUT2D eigenvalue weighted by Crippen LogP contribution is -2.21. The van der Waals surface area contributed by atoms with E-state index >= 15 is 0 Å². The Labute approximate surface area is 117 Å². The van der Waals surface area contributed by atoms with Gasteiger partial charge < -0.3 is 5.11 Å². The molecule has 104 valence electrons. The Hall–Kier alpha value is -0.820. The molecule has 4 unspecified atom stereocenters. The van der Waals surface area contributed by atoms with E-state index in [0.717, 1.165) is 30.6 Å². The van der Waals surface area contributed by atoms with Gasteiger partial charge in [-0.3, -0.25) is 0 Å². The van der Waals surface area contributed by atoms with E-state index in [1.54, 1.807) is 0 Å². The zero-order chi connectivity index (χ0) is 13.4. The van der Waals surface area contributed by atoms with Crippen LogP contribution in [0.4, 0.5) is 0 Å². The molecule has 0 heterocycles. The van der Waals surface area contributed by atoms with Crippen LogP contribution in [0.25, 0.3) is 0 Å². The van der Waals surface area contributed by atoms with Crippen LogP contribution in [-0.2, 0) is 6.42 Å². The maximum absolute atomic E-state index is 10.4. The molecule has 1 aromatic rings. The molecule has 0 amide bonds. The fraction of sp³-hybridized carbons (Fsp3) is 0.667. The second kappa shape index (κ2) is 5.28. The molecule has 0 aromatic heterocycles. The number of hydrogen-bond acceptors (Lipinski definition) is 1. The normalized spacial score (nSPS) is 30.8. The average molecular weight is 258 g/mol. The summed E-state index contributed by atoms with van der Waals surface area (Å²) in [6.45, 7) is 4.32. The van der Waals surface area contributed by atoms with E-state index in [9.17, 15) is 5.11 Å². The predicted molar refractivity (Wildman–Crippen MR) is 79.2 cm³/mol. The Balaban J connectivity index is 1.61. The third-order valence-electron chi connectivity index (χ3n) is 5.54. The zero-order valence-corrected chi connectivity index (χ0v) is 12.2. The summed E-state index contributed by atoms with van der Waals surface area (Å²) >= 11 is 0. The maximum Gasteiger partial charge on any atom is 0.0583 e. The van der Waals surface area contributed by atoms with Gasteiger partial charge in [0.05, 0.1) is 6.10 Å². The lowest BCUT2D eigenvalue weighted by Gasteiger charge is -2.24. The maximum atomic E-state index is 10.4. The first-order valence-electron chi connectivity index (χ1n) is 7.86. The molecule has 1 heteroatoms. The molecule has 2 fully saturated rings. The van der Waals surface area contributed by atoms with Crippen molar-refractivity contribution in [2.75, 3.05) is 0 Å². The molecule has 2 saturated carbocycles. The minimum absolute atomic E-state index is 0.149. The number of aryl methyl sites for hydroxylation is 2. The SMILES string of the molecule is Cc1cccc(C)c1CC(O)CC1CC2CCC1C2. The van der Waals surface area contributed by atoms with Crippen LogP contribution in [0.2, 0.25) is 0 Å². The Morgan fingerprint density at radius 1 is 1.16 bits per heavy atom. The number of benzene rings is 1. The first kappa shape index (κ1) is 13.2. The van der Waals surface area contributed by atoms with Crippen LogP contribution in [0.15, 0.2) is 18.2 Å². The number of aliphatic hydroxyl groups excluding tert-OH is 1. The van der Waals surface area contributed by atoms with Gasteiger partial charge in [-0.25, -0.2) is 0 Å². The molecular weight excluding hydrogens is 232 g/mol. The molecule has 2 aliphatic carbocycles. The minimum Gasteiger partial charge on any atom is -0.393 e. The lowest BCUT2D eigenvalue weighted by atomic mass is 9.83. The lowest BCUT2D eigenvalue weighted by molar-refractivity contribution is 0.124. The van der Waals surface area contributed by atoms with Crippen LogP contribution < -0.4 is 0 Å². The summed E-state index contributed by atoms with van der Waals surface area (Å²) in [5.41, 5.74) is 4.01. The largest absolute Gasteiger partial charge is 0.393 e. The van der Waals surface area contributed by atoms with E-state index in [1.807, 2.05) is 0 Å². The molecular formula is C18H26O. The van der Waals surface area contributed by atoms with E-state index in [-0.39, 0.29) is 6.10 Å². The van der Waals surface area contributed by atoms with Gasteiger partial charge in [0.1, 0.15) is 0 Å². The number of hydrogen-bond donors (Lipinski definition) is 1. The highest BCUT2D eigenvalue weighted by Crippen LogP contribution is 2.50. The molecule has 19 heavy (non-hydrogen) atoms. The third-order valence-corrected chi connectivity index (χ3v) is 5.54. The fourth-order valence-corrected chi connectivity index (χ4v) is 4.50. The van der Waals surface area contributed by atoms with Crippen molar-refractivity contribution >= 4 is 0 Å². The standard InChI is InChI=1S/C18H26O/c1-12-4-3-5-13(2)18(12)11-17(19)10-16-9-14-6-7-15(16)8-14/h3-5,14-17,19H,6-11H2,1-2H3. The summed E-state index contributed by atoms with van der Waals surface area (Å²) in [5, 5.41) is 10.4. The highest BCUT2D eigenvalue weighted by Gasteiger charge is 2.39. The molecule has 1 aromatic carbocycles. The molecule has 0 aliphatic heterocycles. The first-order chi connectivity index (χ1) is 9.13. The van der Waals surface area contributed by atoms with Gasteiger partial charge in [-0.1, -0.05) is 24.6 Å². The van der Waals surface area contributed by atoms with E-state index in [1.165, 1.54) is 42.4 Å². The first-order valence-corrected chi connectivity index (χ1v) is 7.86. The monoisotopic (exact) mass is 258 g/mol. The highest BCUT2D eigenvalue weighted by atomic mass is 16.3. The Kier molecular flexibility index (Phi) is 3.66. The minimum atomic E-state index is -0.149. The number of aliphatic hydroxyl groups is 1. The average Bonchev–Trinajstić information content (AvgIpc) is 2.96. The van der Waals surface area contributed by atoms with Crippen molar-refractivity contribution in [3.05, 3.63) is 34.9 Å². The second-order valence-corrected chi connectivity index (χ2v) is 6.90. The summed E-state index contributed by atoms with van der Waals surface area (Å²) in [4.78, 5) is 0. The predicted octanol–water partition coefficient (Wildman–Crippen LogP) is 4.03. The van der Waals surface area contributed by atoms with Crippen LogP contribution in [0.5, 0.6) is 0 Å². The Morgan fingerprint density at radius 2 is 1.89 bits per heavy atom. The van der Waals surface area contributed by atoms with Gasteiger partial charge in [-0.05, 0) is 80.4 Å². The Bertz CT molecular complexity index is 431. The molecule has 0 saturated heterocycles. The number of fused-ring (bicyclic) bond motifs is 2. The van der Waals surface area contributed by atoms with Crippen LogP contribution in [0, 0.1) is 31.6 Å². The van der Waals surface area contributed by atoms with Crippen LogP contribution in [0.1, 0.15) is 48.8 Å². The van der Waals surface area contributed by atoms with Crippen molar-refractivity contribution in [3.63, 3.8) is 0 Å². The smallest absolute Gasteiger partial charge is 0.0583 e. The van der Waals surface area contributed by atoms with Gasteiger partial charge in [0, 0.05) is 0 Å². The van der Waals surface area contributed by atoms with Crippen molar-refractivity contribution in [3.8, 4) is 0 Å². The quantitative estimate of drug-likeness (QED) is 0.864. The van der Waals surface area contributed by atoms with Gasteiger partial charge in [0.25, 0.3) is 0 Å². The van der Waals surface area contributed by atoms with Crippen molar-refractivity contribution in [1.82, 2.24) is 0 Å². The van der Waals surface area contributed by atoms with Gasteiger partial charge >= 0.3 is 0 Å². The van der Waals surface area contributed by atoms with Crippen molar-refractivity contribution < 1.29 is 5.11 Å². The zero-order valence-electron chi connectivity index (χ0n) is 12.2. The van der Waals surface area contributed by atoms with Gasteiger partial charge in [0.2, 0.25) is 0 Å². The van der Waals surface area contributed by atoms with Crippen LogP contribution in [-0.4, -0.2) is 11.2 Å². The summed E-state index contributed by atoms with van der Waals surface area (Å²) < 4.78 is 0. The molecule has 0 spiro atoms. The van der Waals surface area contributed by atoms with Gasteiger partial charge in [0.15, 0.2) is 0 Å². The second-order valence-electron chi connectivity index (χ2n) is 6.90. The summed E-state index contributed by atoms with van der Waals surface area (Å²) in [6, 6.07) is 6.43. The van der Waals surface area contributed by atoms with E-state index in [2.05, 4.69) is 32.0 Å². The molecule has 4 atom stereocenters. The molecule has 2 aliphatic rings. The molecule has 1 nitrogen and oxygen atoms in total. The van der Waals surface area contributed by atoms with E-state index in [0.29, 0.717) is 0 Å². The van der Waals surface area contributed by atoms with Crippen molar-refractivity contribution in [2.24, 2.45) is 17.8 Å². The fourth-order valence-electron chi connectivity index (χ4n) is 4.50.